The van der Waals surface area contributed by atoms with Crippen molar-refractivity contribution in [2.45, 2.75) is 31.2 Å². The zero-order valence-corrected chi connectivity index (χ0v) is 16.7. The SMILES string of the molecule is C=C(C)COc1cccc(C(=O)NC(CC)c2ccc(S(C)(=O)=O)cc2)c1. The second kappa shape index (κ2) is 8.86. The highest BCUT2D eigenvalue weighted by molar-refractivity contribution is 7.90. The fourth-order valence-electron chi connectivity index (χ4n) is 2.54. The molecule has 0 aliphatic rings. The van der Waals surface area contributed by atoms with Crippen LogP contribution in [0.5, 0.6) is 5.75 Å². The molecule has 0 aliphatic heterocycles. The Balaban J connectivity index is 2.13. The van der Waals surface area contributed by atoms with Crippen molar-refractivity contribution >= 4 is 15.7 Å². The van der Waals surface area contributed by atoms with Crippen LogP contribution in [0.25, 0.3) is 0 Å². The van der Waals surface area contributed by atoms with Crippen LogP contribution in [0.1, 0.15) is 42.2 Å². The van der Waals surface area contributed by atoms with Crippen molar-refractivity contribution in [3.63, 3.8) is 0 Å². The fraction of sp³-hybridized carbons (Fsp3) is 0.286. The molecule has 0 aromatic heterocycles. The van der Waals surface area contributed by atoms with E-state index in [0.29, 0.717) is 24.3 Å². The van der Waals surface area contributed by atoms with Crippen molar-refractivity contribution in [2.75, 3.05) is 12.9 Å². The van der Waals surface area contributed by atoms with Crippen LogP contribution in [-0.2, 0) is 9.84 Å². The molecule has 0 fully saturated rings. The predicted molar refractivity (Wildman–Crippen MR) is 107 cm³/mol. The number of nitrogens with one attached hydrogen (secondary N) is 1. The third-order valence-electron chi connectivity index (χ3n) is 4.01. The van der Waals surface area contributed by atoms with E-state index in [2.05, 4.69) is 11.9 Å². The zero-order valence-electron chi connectivity index (χ0n) is 15.9. The van der Waals surface area contributed by atoms with Crippen LogP contribution >= 0.6 is 0 Å². The Labute approximate surface area is 161 Å². The highest BCUT2D eigenvalue weighted by Crippen LogP contribution is 2.21. The highest BCUT2D eigenvalue weighted by Gasteiger charge is 2.16. The number of amides is 1. The highest BCUT2D eigenvalue weighted by atomic mass is 32.2. The van der Waals surface area contributed by atoms with E-state index in [1.165, 1.54) is 6.26 Å². The first-order valence-corrected chi connectivity index (χ1v) is 10.6. The van der Waals surface area contributed by atoms with Gasteiger partial charge in [0.2, 0.25) is 0 Å². The third-order valence-corrected chi connectivity index (χ3v) is 5.13. The fourth-order valence-corrected chi connectivity index (χ4v) is 3.17. The molecule has 1 amide bonds. The lowest BCUT2D eigenvalue weighted by Crippen LogP contribution is -2.28. The normalized spacial score (nSPS) is 12.3. The van der Waals surface area contributed by atoms with Gasteiger partial charge in [-0.15, -0.1) is 0 Å². The van der Waals surface area contributed by atoms with Gasteiger partial charge in [0.1, 0.15) is 12.4 Å². The molecule has 1 unspecified atom stereocenters. The van der Waals surface area contributed by atoms with Crippen molar-refractivity contribution in [3.8, 4) is 5.75 Å². The molecule has 6 heteroatoms. The van der Waals surface area contributed by atoms with Gasteiger partial charge in [-0.05, 0) is 54.8 Å². The third kappa shape index (κ3) is 5.96. The summed E-state index contributed by atoms with van der Waals surface area (Å²) in [4.78, 5) is 12.9. The maximum Gasteiger partial charge on any atom is 0.251 e. The molecule has 2 aromatic carbocycles. The van der Waals surface area contributed by atoms with Crippen LogP contribution in [0.2, 0.25) is 0 Å². The first-order chi connectivity index (χ1) is 12.7. The van der Waals surface area contributed by atoms with Crippen LogP contribution in [0.15, 0.2) is 65.6 Å². The molecular weight excluding hydrogens is 362 g/mol. The van der Waals surface area contributed by atoms with Gasteiger partial charge >= 0.3 is 0 Å². The lowest BCUT2D eigenvalue weighted by molar-refractivity contribution is 0.0935. The van der Waals surface area contributed by atoms with Gasteiger partial charge in [-0.1, -0.05) is 31.7 Å². The summed E-state index contributed by atoms with van der Waals surface area (Å²) < 4.78 is 28.8. The Hall–Kier alpha value is -2.60. The molecular formula is C21H25NO4S. The number of benzene rings is 2. The molecule has 1 N–H and O–H groups in total. The van der Waals surface area contributed by atoms with E-state index in [9.17, 15) is 13.2 Å². The van der Waals surface area contributed by atoms with Gasteiger partial charge in [0, 0.05) is 11.8 Å². The maximum atomic E-state index is 12.6. The molecule has 0 spiro atoms. The van der Waals surface area contributed by atoms with Crippen molar-refractivity contribution in [1.82, 2.24) is 5.32 Å². The molecule has 27 heavy (non-hydrogen) atoms. The molecule has 0 heterocycles. The van der Waals surface area contributed by atoms with Crippen LogP contribution in [-0.4, -0.2) is 27.2 Å². The Bertz CT molecular complexity index is 917. The summed E-state index contributed by atoms with van der Waals surface area (Å²) in [6.45, 7) is 8.02. The topological polar surface area (TPSA) is 72.5 Å². The summed E-state index contributed by atoms with van der Waals surface area (Å²) in [7, 11) is -3.24. The average molecular weight is 388 g/mol. The van der Waals surface area contributed by atoms with Gasteiger partial charge in [-0.25, -0.2) is 8.42 Å². The van der Waals surface area contributed by atoms with Crippen molar-refractivity contribution in [3.05, 3.63) is 71.8 Å². The van der Waals surface area contributed by atoms with E-state index in [4.69, 9.17) is 4.74 Å². The van der Waals surface area contributed by atoms with E-state index in [0.717, 1.165) is 11.1 Å². The molecule has 0 radical (unpaired) electrons. The molecule has 2 aromatic rings. The maximum absolute atomic E-state index is 12.6. The van der Waals surface area contributed by atoms with Gasteiger partial charge in [-0.2, -0.15) is 0 Å². The van der Waals surface area contributed by atoms with Crippen LogP contribution in [0.3, 0.4) is 0 Å². The minimum absolute atomic E-state index is 0.213. The number of hydrogen-bond donors (Lipinski definition) is 1. The van der Waals surface area contributed by atoms with E-state index in [-0.39, 0.29) is 16.8 Å². The predicted octanol–water partition coefficient (Wildman–Crippen LogP) is 3.93. The first-order valence-electron chi connectivity index (χ1n) is 8.69. The van der Waals surface area contributed by atoms with Crippen molar-refractivity contribution in [1.29, 1.82) is 0 Å². The minimum Gasteiger partial charge on any atom is -0.489 e. The summed E-state index contributed by atoms with van der Waals surface area (Å²) >= 11 is 0. The molecule has 2 rings (SSSR count). The monoisotopic (exact) mass is 387 g/mol. The van der Waals surface area contributed by atoms with Crippen LogP contribution < -0.4 is 10.1 Å². The molecule has 5 nitrogen and oxygen atoms in total. The van der Waals surface area contributed by atoms with Gasteiger partial charge in [0.05, 0.1) is 10.9 Å². The summed E-state index contributed by atoms with van der Waals surface area (Å²) in [6.07, 6.45) is 1.85. The van der Waals surface area contributed by atoms with E-state index in [1.807, 2.05) is 13.8 Å². The minimum atomic E-state index is -3.24. The van der Waals surface area contributed by atoms with Crippen LogP contribution in [0, 0.1) is 0 Å². The summed E-state index contributed by atoms with van der Waals surface area (Å²) in [5.41, 5.74) is 2.25. The Kier molecular flexibility index (Phi) is 6.80. The number of carbonyl (C=O) groups is 1. The van der Waals surface area contributed by atoms with Gasteiger partial charge < -0.3 is 10.1 Å². The standard InChI is InChI=1S/C21H25NO4S/c1-5-20(16-9-11-19(12-10-16)27(4,24)25)22-21(23)17-7-6-8-18(13-17)26-14-15(2)3/h6-13,20H,2,5,14H2,1,3-4H3,(H,22,23). The lowest BCUT2D eigenvalue weighted by Gasteiger charge is -2.18. The van der Waals surface area contributed by atoms with E-state index >= 15 is 0 Å². The van der Waals surface area contributed by atoms with E-state index in [1.54, 1.807) is 48.5 Å². The number of hydrogen-bond acceptors (Lipinski definition) is 4. The number of carbonyl (C=O) groups excluding carboxylic acids is 1. The molecule has 0 saturated heterocycles. The summed E-state index contributed by atoms with van der Waals surface area (Å²) in [5, 5.41) is 2.99. The molecule has 1 atom stereocenters. The first kappa shape index (κ1) is 20.7. The van der Waals surface area contributed by atoms with Gasteiger partial charge in [0.25, 0.3) is 5.91 Å². The van der Waals surface area contributed by atoms with Gasteiger partial charge in [-0.3, -0.25) is 4.79 Å². The largest absolute Gasteiger partial charge is 0.489 e. The number of sulfone groups is 1. The second-order valence-electron chi connectivity index (χ2n) is 6.55. The number of rotatable bonds is 8. The average Bonchev–Trinajstić information content (AvgIpc) is 2.64. The lowest BCUT2D eigenvalue weighted by atomic mass is 10.0. The Morgan fingerprint density at radius 1 is 1.19 bits per heavy atom. The smallest absolute Gasteiger partial charge is 0.251 e. The quantitative estimate of drug-likeness (QED) is 0.697. The van der Waals surface area contributed by atoms with Crippen molar-refractivity contribution < 1.29 is 17.9 Å². The van der Waals surface area contributed by atoms with Crippen molar-refractivity contribution in [2.24, 2.45) is 0 Å². The van der Waals surface area contributed by atoms with Crippen LogP contribution in [0.4, 0.5) is 0 Å². The Morgan fingerprint density at radius 3 is 2.41 bits per heavy atom. The molecule has 0 saturated carbocycles. The number of ether oxygens (including phenoxy) is 1. The molecule has 144 valence electrons. The van der Waals surface area contributed by atoms with Gasteiger partial charge in [0.15, 0.2) is 9.84 Å². The Morgan fingerprint density at radius 2 is 1.85 bits per heavy atom. The van der Waals surface area contributed by atoms with E-state index < -0.39 is 9.84 Å². The molecule has 0 bridgehead atoms. The molecule has 0 aliphatic carbocycles. The summed E-state index contributed by atoms with van der Waals surface area (Å²) in [6, 6.07) is 13.4. The zero-order chi connectivity index (χ0) is 20.0. The second-order valence-corrected chi connectivity index (χ2v) is 8.56. The summed E-state index contributed by atoms with van der Waals surface area (Å²) in [5.74, 6) is 0.394.